The fraction of sp³-hybridized carbons (Fsp3) is 0.312. The topological polar surface area (TPSA) is 83.6 Å². The summed E-state index contributed by atoms with van der Waals surface area (Å²) in [6, 6.07) is 5.64. The van der Waals surface area contributed by atoms with Gasteiger partial charge in [-0.2, -0.15) is 0 Å². The van der Waals surface area contributed by atoms with Gasteiger partial charge in [0.15, 0.2) is 0 Å². The second-order valence-electron chi connectivity index (χ2n) is 5.04. The number of carboxylic acids is 1. The van der Waals surface area contributed by atoms with E-state index in [0.717, 1.165) is 0 Å². The summed E-state index contributed by atoms with van der Waals surface area (Å²) in [5, 5.41) is 8.84. The van der Waals surface area contributed by atoms with Crippen molar-refractivity contribution in [1.29, 1.82) is 0 Å². The summed E-state index contributed by atoms with van der Waals surface area (Å²) in [7, 11) is 0. The molecule has 0 aliphatic heterocycles. The Labute approximate surface area is 132 Å². The third kappa shape index (κ3) is 4.64. The number of carbonyl (C=O) groups is 2. The van der Waals surface area contributed by atoms with Crippen molar-refractivity contribution in [1.82, 2.24) is 9.88 Å². The van der Waals surface area contributed by atoms with Crippen LogP contribution in [0.15, 0.2) is 34.9 Å². The maximum Gasteiger partial charge on any atom is 0.323 e. The van der Waals surface area contributed by atoms with Crippen molar-refractivity contribution in [3.05, 3.63) is 42.0 Å². The Morgan fingerprint density at radius 1 is 1.30 bits per heavy atom. The monoisotopic (exact) mass is 320 g/mol. The van der Waals surface area contributed by atoms with Crippen LogP contribution in [0.2, 0.25) is 0 Å². The fourth-order valence-corrected chi connectivity index (χ4v) is 2.11. The van der Waals surface area contributed by atoms with Crippen molar-refractivity contribution in [2.45, 2.75) is 19.8 Å². The Morgan fingerprint density at radius 3 is 2.61 bits per heavy atom. The smallest absolute Gasteiger partial charge is 0.323 e. The molecule has 1 N–H and O–H groups in total. The van der Waals surface area contributed by atoms with E-state index in [-0.39, 0.29) is 30.6 Å². The molecule has 122 valence electrons. The number of hydrogen-bond donors (Lipinski definition) is 1. The quantitative estimate of drug-likeness (QED) is 0.846. The standard InChI is InChI=1S/C16H17FN2O4/c1-2-7-19(9-15(21)22)14(20)8-13-10-23-16(18-13)11-3-5-12(17)6-4-11/h3-6,10H,2,7-9H2,1H3,(H,21,22). The Balaban J connectivity index is 2.06. The molecule has 0 radical (unpaired) electrons. The molecular formula is C16H17FN2O4. The van der Waals surface area contributed by atoms with Gasteiger partial charge >= 0.3 is 5.97 Å². The largest absolute Gasteiger partial charge is 0.480 e. The molecule has 7 heteroatoms. The first-order chi connectivity index (χ1) is 11.0. The first-order valence-electron chi connectivity index (χ1n) is 7.19. The van der Waals surface area contributed by atoms with Crippen molar-refractivity contribution >= 4 is 11.9 Å². The van der Waals surface area contributed by atoms with Gasteiger partial charge in [-0.05, 0) is 30.7 Å². The highest BCUT2D eigenvalue weighted by Crippen LogP contribution is 2.19. The van der Waals surface area contributed by atoms with Crippen LogP contribution >= 0.6 is 0 Å². The molecule has 0 spiro atoms. The molecule has 6 nitrogen and oxygen atoms in total. The molecule has 1 aromatic heterocycles. The van der Waals surface area contributed by atoms with Crippen LogP contribution in [0.4, 0.5) is 4.39 Å². The molecule has 1 aromatic carbocycles. The molecule has 1 amide bonds. The van der Waals surface area contributed by atoms with E-state index in [0.29, 0.717) is 24.2 Å². The number of carbonyl (C=O) groups excluding carboxylic acids is 1. The highest BCUT2D eigenvalue weighted by molar-refractivity contribution is 5.82. The number of oxazole rings is 1. The Morgan fingerprint density at radius 2 is 2.00 bits per heavy atom. The minimum atomic E-state index is -1.06. The number of aromatic nitrogens is 1. The highest BCUT2D eigenvalue weighted by Gasteiger charge is 2.18. The van der Waals surface area contributed by atoms with Crippen LogP contribution in [0.1, 0.15) is 19.0 Å². The Bertz CT molecular complexity index is 682. The van der Waals surface area contributed by atoms with Gasteiger partial charge in [0.05, 0.1) is 12.1 Å². The van der Waals surface area contributed by atoms with Crippen molar-refractivity contribution < 1.29 is 23.5 Å². The van der Waals surface area contributed by atoms with Crippen molar-refractivity contribution in [2.75, 3.05) is 13.1 Å². The third-order valence-electron chi connectivity index (χ3n) is 3.15. The second-order valence-corrected chi connectivity index (χ2v) is 5.04. The molecular weight excluding hydrogens is 303 g/mol. The molecule has 2 rings (SSSR count). The molecule has 0 saturated carbocycles. The number of aliphatic carboxylic acids is 1. The number of hydrogen-bond acceptors (Lipinski definition) is 4. The summed E-state index contributed by atoms with van der Waals surface area (Å²) >= 11 is 0. The van der Waals surface area contributed by atoms with Crippen LogP contribution in [0.5, 0.6) is 0 Å². The molecule has 23 heavy (non-hydrogen) atoms. The van der Waals surface area contributed by atoms with Gasteiger partial charge < -0.3 is 14.4 Å². The lowest BCUT2D eigenvalue weighted by molar-refractivity contribution is -0.144. The summed E-state index contributed by atoms with van der Waals surface area (Å²) in [5.74, 6) is -1.46. The lowest BCUT2D eigenvalue weighted by atomic mass is 10.2. The van der Waals surface area contributed by atoms with Gasteiger partial charge in [0.2, 0.25) is 11.8 Å². The number of rotatable bonds is 7. The Hall–Kier alpha value is -2.70. The predicted molar refractivity (Wildman–Crippen MR) is 80.1 cm³/mol. The van der Waals surface area contributed by atoms with E-state index in [1.54, 1.807) is 0 Å². The molecule has 0 atom stereocenters. The zero-order chi connectivity index (χ0) is 16.8. The average Bonchev–Trinajstić information content (AvgIpc) is 2.95. The van der Waals surface area contributed by atoms with E-state index in [2.05, 4.69) is 4.98 Å². The van der Waals surface area contributed by atoms with Gasteiger partial charge in [-0.15, -0.1) is 0 Å². The lowest BCUT2D eigenvalue weighted by Crippen LogP contribution is -2.37. The Kier molecular flexibility index (Phi) is 5.46. The molecule has 0 saturated heterocycles. The second kappa shape index (κ2) is 7.53. The van der Waals surface area contributed by atoms with Crippen molar-refractivity contribution in [3.8, 4) is 11.5 Å². The third-order valence-corrected chi connectivity index (χ3v) is 3.15. The van der Waals surface area contributed by atoms with E-state index < -0.39 is 5.97 Å². The van der Waals surface area contributed by atoms with Crippen molar-refractivity contribution in [2.24, 2.45) is 0 Å². The van der Waals surface area contributed by atoms with Crippen molar-refractivity contribution in [3.63, 3.8) is 0 Å². The highest BCUT2D eigenvalue weighted by atomic mass is 19.1. The van der Waals surface area contributed by atoms with Crippen LogP contribution in [0.3, 0.4) is 0 Å². The van der Waals surface area contributed by atoms with Crippen LogP contribution in [0.25, 0.3) is 11.5 Å². The first-order valence-corrected chi connectivity index (χ1v) is 7.19. The summed E-state index contributed by atoms with van der Waals surface area (Å²) in [6.07, 6.45) is 1.97. The molecule has 0 bridgehead atoms. The summed E-state index contributed by atoms with van der Waals surface area (Å²) in [5.41, 5.74) is 1.00. The molecule has 0 aliphatic rings. The van der Waals surface area contributed by atoms with Crippen LogP contribution in [0, 0.1) is 5.82 Å². The molecule has 0 aliphatic carbocycles. The normalized spacial score (nSPS) is 10.5. The summed E-state index contributed by atoms with van der Waals surface area (Å²) in [4.78, 5) is 28.4. The number of halogens is 1. The van der Waals surface area contributed by atoms with Gasteiger partial charge in [0, 0.05) is 12.1 Å². The maximum atomic E-state index is 12.9. The average molecular weight is 320 g/mol. The van der Waals surface area contributed by atoms with E-state index in [9.17, 15) is 14.0 Å². The lowest BCUT2D eigenvalue weighted by Gasteiger charge is -2.19. The minimum absolute atomic E-state index is 0.0437. The zero-order valence-corrected chi connectivity index (χ0v) is 12.7. The van der Waals surface area contributed by atoms with Crippen LogP contribution in [-0.4, -0.2) is 40.0 Å². The number of nitrogens with zero attached hydrogens (tertiary/aromatic N) is 2. The van der Waals surface area contributed by atoms with E-state index in [4.69, 9.17) is 9.52 Å². The summed E-state index contributed by atoms with van der Waals surface area (Å²) in [6.45, 7) is 1.90. The molecule has 1 heterocycles. The minimum Gasteiger partial charge on any atom is -0.480 e. The SMILES string of the molecule is CCCN(CC(=O)O)C(=O)Cc1coc(-c2ccc(F)cc2)n1. The molecule has 0 unspecified atom stereocenters. The fourth-order valence-electron chi connectivity index (χ4n) is 2.11. The van der Waals surface area contributed by atoms with Gasteiger partial charge in [0.25, 0.3) is 0 Å². The van der Waals surface area contributed by atoms with Gasteiger partial charge in [0.1, 0.15) is 18.6 Å². The van der Waals surface area contributed by atoms with Gasteiger partial charge in [-0.25, -0.2) is 9.37 Å². The summed E-state index contributed by atoms with van der Waals surface area (Å²) < 4.78 is 18.2. The zero-order valence-electron chi connectivity index (χ0n) is 12.7. The van der Waals surface area contributed by atoms with Gasteiger partial charge in [-0.3, -0.25) is 9.59 Å². The maximum absolute atomic E-state index is 12.9. The van der Waals surface area contributed by atoms with E-state index in [1.165, 1.54) is 35.4 Å². The number of amides is 1. The molecule has 2 aromatic rings. The van der Waals surface area contributed by atoms with Crippen LogP contribution in [-0.2, 0) is 16.0 Å². The van der Waals surface area contributed by atoms with E-state index >= 15 is 0 Å². The number of carboxylic acid groups (broad SMARTS) is 1. The molecule has 0 fully saturated rings. The predicted octanol–water partition coefficient (Wildman–Crippen LogP) is 2.35. The van der Waals surface area contributed by atoms with Gasteiger partial charge in [-0.1, -0.05) is 6.92 Å². The first kappa shape index (κ1) is 16.7. The van der Waals surface area contributed by atoms with Crippen LogP contribution < -0.4 is 0 Å². The number of benzene rings is 1. The van der Waals surface area contributed by atoms with E-state index in [1.807, 2.05) is 6.92 Å².